The molecule has 136 valence electrons. The van der Waals surface area contributed by atoms with Crippen LogP contribution in [0.15, 0.2) is 30.6 Å². The molecule has 0 amide bonds. The Balaban J connectivity index is 1.76. The highest BCUT2D eigenvalue weighted by atomic mass is 16.5. The topological polar surface area (TPSA) is 103 Å². The van der Waals surface area contributed by atoms with Gasteiger partial charge in [-0.15, -0.1) is 0 Å². The second-order valence-corrected chi connectivity index (χ2v) is 7.15. The summed E-state index contributed by atoms with van der Waals surface area (Å²) >= 11 is 0. The van der Waals surface area contributed by atoms with Crippen LogP contribution in [-0.4, -0.2) is 21.1 Å². The first kappa shape index (κ1) is 16.7. The number of rotatable bonds is 6. The molecule has 2 heterocycles. The molecule has 0 radical (unpaired) electrons. The van der Waals surface area contributed by atoms with Crippen molar-refractivity contribution in [3.05, 3.63) is 41.7 Å². The van der Waals surface area contributed by atoms with Crippen LogP contribution in [0, 0.1) is 5.92 Å². The lowest BCUT2D eigenvalue weighted by molar-refractivity contribution is 0.200. The minimum absolute atomic E-state index is 0.0851. The monoisotopic (exact) mass is 351 g/mol. The molecule has 0 spiro atoms. The summed E-state index contributed by atoms with van der Waals surface area (Å²) in [5, 5.41) is 1.11. The van der Waals surface area contributed by atoms with Crippen LogP contribution in [0.1, 0.15) is 50.2 Å². The maximum Gasteiger partial charge on any atom is 0.221 e. The van der Waals surface area contributed by atoms with Gasteiger partial charge in [-0.25, -0.2) is 4.98 Å². The minimum Gasteiger partial charge on any atom is -0.490 e. The van der Waals surface area contributed by atoms with Crippen LogP contribution >= 0.6 is 0 Å². The van der Waals surface area contributed by atoms with Gasteiger partial charge >= 0.3 is 0 Å². The van der Waals surface area contributed by atoms with Gasteiger partial charge in [-0.2, -0.15) is 4.98 Å². The molecular formula is C20H25N5O. The first-order chi connectivity index (χ1) is 12.6. The smallest absolute Gasteiger partial charge is 0.221 e. The maximum absolute atomic E-state index is 6.33. The lowest BCUT2D eigenvalue weighted by Crippen LogP contribution is -2.14. The number of ether oxygens (including phenoxy) is 1. The Morgan fingerprint density at radius 2 is 2.12 bits per heavy atom. The molecule has 1 aliphatic carbocycles. The molecule has 5 N–H and O–H groups in total. The molecule has 0 bridgehead atoms. The van der Waals surface area contributed by atoms with Gasteiger partial charge in [0.1, 0.15) is 11.6 Å². The van der Waals surface area contributed by atoms with Crippen molar-refractivity contribution >= 4 is 22.7 Å². The number of nitrogens with zero attached hydrogens (tertiary/aromatic N) is 2. The third-order valence-electron chi connectivity index (χ3n) is 5.30. The zero-order chi connectivity index (χ0) is 18.3. The van der Waals surface area contributed by atoms with E-state index in [4.69, 9.17) is 16.2 Å². The summed E-state index contributed by atoms with van der Waals surface area (Å²) in [5.41, 5.74) is 14.9. The van der Waals surface area contributed by atoms with Gasteiger partial charge in [0.15, 0.2) is 0 Å². The molecule has 2 unspecified atom stereocenters. The van der Waals surface area contributed by atoms with Gasteiger partial charge in [-0.3, -0.25) is 0 Å². The Morgan fingerprint density at radius 3 is 2.81 bits per heavy atom. The number of aromatic nitrogens is 3. The van der Waals surface area contributed by atoms with E-state index in [2.05, 4.69) is 47.0 Å². The summed E-state index contributed by atoms with van der Waals surface area (Å²) in [4.78, 5) is 11.6. The van der Waals surface area contributed by atoms with Crippen LogP contribution in [0.2, 0.25) is 0 Å². The molecule has 4 rings (SSSR count). The fourth-order valence-corrected chi connectivity index (χ4v) is 3.64. The Kier molecular flexibility index (Phi) is 4.18. The third-order valence-corrected chi connectivity index (χ3v) is 5.30. The van der Waals surface area contributed by atoms with Crippen LogP contribution in [0.3, 0.4) is 0 Å². The number of nitrogen functional groups attached to an aromatic ring is 2. The van der Waals surface area contributed by atoms with E-state index in [1.54, 1.807) is 6.20 Å². The number of benzene rings is 1. The first-order valence-corrected chi connectivity index (χ1v) is 9.22. The SMILES string of the molecule is CCC(c1cc(OC(C)C2CC2)c2cc[nH]c2c1)c1cnc(N)nc1N. The molecular weight excluding hydrogens is 326 g/mol. The Hall–Kier alpha value is -2.76. The molecule has 1 saturated carbocycles. The highest BCUT2D eigenvalue weighted by molar-refractivity contribution is 5.87. The molecule has 1 fully saturated rings. The van der Waals surface area contributed by atoms with E-state index >= 15 is 0 Å². The Labute approximate surface area is 153 Å². The molecule has 0 aliphatic heterocycles. The Morgan fingerprint density at radius 1 is 1.31 bits per heavy atom. The quantitative estimate of drug-likeness (QED) is 0.626. The van der Waals surface area contributed by atoms with E-state index in [0.717, 1.165) is 34.2 Å². The number of nitrogens with one attached hydrogen (secondary N) is 1. The van der Waals surface area contributed by atoms with E-state index in [1.807, 2.05) is 6.20 Å². The highest BCUT2D eigenvalue weighted by Gasteiger charge is 2.30. The number of hydrogen-bond donors (Lipinski definition) is 3. The van der Waals surface area contributed by atoms with Crippen molar-refractivity contribution in [1.82, 2.24) is 15.0 Å². The van der Waals surface area contributed by atoms with Gasteiger partial charge in [-0.1, -0.05) is 6.92 Å². The van der Waals surface area contributed by atoms with Gasteiger partial charge in [0.2, 0.25) is 5.95 Å². The molecule has 1 aliphatic rings. The van der Waals surface area contributed by atoms with E-state index < -0.39 is 0 Å². The predicted molar refractivity (Wildman–Crippen MR) is 104 cm³/mol. The summed E-state index contributed by atoms with van der Waals surface area (Å²) in [7, 11) is 0. The number of H-pyrrole nitrogens is 1. The molecule has 2 aromatic heterocycles. The number of fused-ring (bicyclic) bond motifs is 1. The second-order valence-electron chi connectivity index (χ2n) is 7.15. The predicted octanol–water partition coefficient (Wildman–Crippen LogP) is 3.84. The fraction of sp³-hybridized carbons (Fsp3) is 0.400. The number of anilines is 2. The molecule has 6 nitrogen and oxygen atoms in total. The zero-order valence-electron chi connectivity index (χ0n) is 15.2. The van der Waals surface area contributed by atoms with Crippen molar-refractivity contribution in [2.45, 2.75) is 45.1 Å². The normalized spacial score (nSPS) is 16.5. The standard InChI is InChI=1S/C20H25N5O/c1-3-14(16-10-24-20(22)25-19(16)21)13-8-17-15(6-7-23-17)18(9-13)26-11(2)12-4-5-12/h6-12,14,23H,3-5H2,1-2H3,(H4,21,22,24,25). The molecule has 6 heteroatoms. The van der Waals surface area contributed by atoms with Crippen molar-refractivity contribution in [1.29, 1.82) is 0 Å². The largest absolute Gasteiger partial charge is 0.490 e. The average molecular weight is 351 g/mol. The summed E-state index contributed by atoms with van der Waals surface area (Å²) in [5.74, 6) is 2.32. The number of aromatic amines is 1. The van der Waals surface area contributed by atoms with E-state index in [9.17, 15) is 0 Å². The fourth-order valence-electron chi connectivity index (χ4n) is 3.64. The van der Waals surface area contributed by atoms with Crippen LogP contribution in [0.5, 0.6) is 5.75 Å². The van der Waals surface area contributed by atoms with Gasteiger partial charge in [0.05, 0.1) is 6.10 Å². The molecule has 3 aromatic rings. The molecule has 26 heavy (non-hydrogen) atoms. The average Bonchev–Trinajstić information content (AvgIpc) is 3.35. The summed E-state index contributed by atoms with van der Waals surface area (Å²) in [6, 6.07) is 6.36. The van der Waals surface area contributed by atoms with Crippen molar-refractivity contribution in [2.24, 2.45) is 5.92 Å². The summed E-state index contributed by atoms with van der Waals surface area (Å²) in [6.45, 7) is 4.29. The minimum atomic E-state index is 0.0851. The number of nitrogens with two attached hydrogens (primary N) is 2. The van der Waals surface area contributed by atoms with Crippen LogP contribution < -0.4 is 16.2 Å². The molecule has 0 saturated heterocycles. The maximum atomic E-state index is 6.33. The Bertz CT molecular complexity index is 931. The molecule has 1 aromatic carbocycles. The molecule has 2 atom stereocenters. The van der Waals surface area contributed by atoms with E-state index in [-0.39, 0.29) is 18.0 Å². The number of hydrogen-bond acceptors (Lipinski definition) is 5. The van der Waals surface area contributed by atoms with Crippen LogP contribution in [0.4, 0.5) is 11.8 Å². The van der Waals surface area contributed by atoms with Gasteiger partial charge in [0.25, 0.3) is 0 Å². The van der Waals surface area contributed by atoms with Crippen molar-refractivity contribution in [2.75, 3.05) is 11.5 Å². The van der Waals surface area contributed by atoms with Crippen molar-refractivity contribution < 1.29 is 4.74 Å². The summed E-state index contributed by atoms with van der Waals surface area (Å²) in [6.07, 6.45) is 7.31. The lowest BCUT2D eigenvalue weighted by Gasteiger charge is -2.20. The second kappa shape index (κ2) is 6.52. The van der Waals surface area contributed by atoms with Gasteiger partial charge < -0.3 is 21.2 Å². The van der Waals surface area contributed by atoms with E-state index in [0.29, 0.717) is 11.7 Å². The van der Waals surface area contributed by atoms with Crippen molar-refractivity contribution in [3.63, 3.8) is 0 Å². The summed E-state index contributed by atoms with van der Waals surface area (Å²) < 4.78 is 6.33. The first-order valence-electron chi connectivity index (χ1n) is 9.22. The van der Waals surface area contributed by atoms with Gasteiger partial charge in [-0.05, 0) is 55.9 Å². The van der Waals surface area contributed by atoms with Crippen LogP contribution in [-0.2, 0) is 0 Å². The van der Waals surface area contributed by atoms with E-state index in [1.165, 1.54) is 12.8 Å². The zero-order valence-corrected chi connectivity index (χ0v) is 15.2. The third kappa shape index (κ3) is 3.07. The highest BCUT2D eigenvalue weighted by Crippen LogP contribution is 2.39. The van der Waals surface area contributed by atoms with Gasteiger partial charge in [0, 0.05) is 34.8 Å². The lowest BCUT2D eigenvalue weighted by atomic mass is 9.89. The van der Waals surface area contributed by atoms with Crippen molar-refractivity contribution in [3.8, 4) is 5.75 Å². The van der Waals surface area contributed by atoms with Crippen LogP contribution in [0.25, 0.3) is 10.9 Å².